The molecule has 60 heavy (non-hydrogen) atoms. The Balaban J connectivity index is 0.000000526. The quantitative estimate of drug-likeness (QED) is 0.0793. The molecular weight excluding hydrogens is 837 g/mol. The number of aliphatic carboxylic acids is 3. The third kappa shape index (κ3) is 12.0. The summed E-state index contributed by atoms with van der Waals surface area (Å²) in [6.07, 6.45) is 2.24. The molecule has 4 aromatic rings. The van der Waals surface area contributed by atoms with Gasteiger partial charge in [0, 0.05) is 30.2 Å². The van der Waals surface area contributed by atoms with Crippen LogP contribution in [-0.2, 0) is 25.2 Å². The summed E-state index contributed by atoms with van der Waals surface area (Å²) < 4.78 is 18.0. The number of aliphatic hydroxyl groups is 1. The first-order valence-corrected chi connectivity index (χ1v) is 21.4. The van der Waals surface area contributed by atoms with Crippen molar-refractivity contribution in [3.05, 3.63) is 105 Å². The molecule has 5 rings (SSSR count). The maximum atomic E-state index is 14.4. The molecule has 1 aliphatic heterocycles. The number of halogens is 2. The zero-order chi connectivity index (χ0) is 44.3. The van der Waals surface area contributed by atoms with Crippen LogP contribution in [0.3, 0.4) is 0 Å². The van der Waals surface area contributed by atoms with Crippen LogP contribution in [0.15, 0.2) is 77.7 Å². The van der Waals surface area contributed by atoms with Crippen LogP contribution < -0.4 is 10.5 Å². The molecule has 2 amide bonds. The van der Waals surface area contributed by atoms with E-state index < -0.39 is 53.1 Å². The van der Waals surface area contributed by atoms with Crippen molar-refractivity contribution in [2.45, 2.75) is 61.4 Å². The minimum absolute atomic E-state index is 0.0359. The van der Waals surface area contributed by atoms with Gasteiger partial charge in [0.05, 0.1) is 51.9 Å². The van der Waals surface area contributed by atoms with E-state index in [4.69, 9.17) is 54.1 Å². The third-order valence-corrected chi connectivity index (χ3v) is 12.3. The molecule has 0 unspecified atom stereocenters. The van der Waals surface area contributed by atoms with Crippen LogP contribution in [0.5, 0.6) is 5.75 Å². The van der Waals surface area contributed by atoms with Crippen molar-refractivity contribution >= 4 is 74.5 Å². The first-order valence-electron chi connectivity index (χ1n) is 19.1. The van der Waals surface area contributed by atoms with Gasteiger partial charge in [-0.25, -0.2) is 4.79 Å². The zero-order valence-corrected chi connectivity index (χ0v) is 35.8. The molecule has 14 nitrogen and oxygen atoms in total. The third-order valence-electron chi connectivity index (χ3n) is 10.5. The van der Waals surface area contributed by atoms with Gasteiger partial charge in [-0.15, -0.1) is 0 Å². The number of ether oxygens (including phenoxy) is 1. The summed E-state index contributed by atoms with van der Waals surface area (Å²) in [5.41, 5.74) is 5.68. The first kappa shape index (κ1) is 47.6. The SMILES string of the molecule is CCN(C[C@@H](CCN1CCC(c2ccccc2[S@](C)=O)CC1)c1ccc(Cl)c(Cl)c1)C(=O)c1c(OC)c(C(N)=O)cc2ccccc12.O=C(O)CC(O)(CC(=O)O)C(=O)O. The molecule has 0 aliphatic carbocycles. The van der Waals surface area contributed by atoms with Gasteiger partial charge in [-0.3, -0.25) is 23.4 Å². The number of carboxylic acid groups (broad SMARTS) is 3. The number of fused-ring (bicyclic) bond motifs is 1. The van der Waals surface area contributed by atoms with Gasteiger partial charge in [-0.2, -0.15) is 0 Å². The van der Waals surface area contributed by atoms with Gasteiger partial charge in [-0.05, 0) is 97.9 Å². The lowest BCUT2D eigenvalue weighted by molar-refractivity contribution is -0.170. The van der Waals surface area contributed by atoms with Gasteiger partial charge in [0.1, 0.15) is 5.75 Å². The van der Waals surface area contributed by atoms with E-state index in [-0.39, 0.29) is 23.1 Å². The van der Waals surface area contributed by atoms with Crippen molar-refractivity contribution in [2.24, 2.45) is 5.73 Å². The Labute approximate surface area is 360 Å². The minimum Gasteiger partial charge on any atom is -0.495 e. The van der Waals surface area contributed by atoms with Gasteiger partial charge < -0.3 is 40.7 Å². The number of likely N-dealkylation sites (N-methyl/N-ethyl adjacent to an activating group) is 1. The smallest absolute Gasteiger partial charge is 0.336 e. The number of likely N-dealkylation sites (tertiary alicyclic amines) is 1. The number of carboxylic acids is 3. The Morgan fingerprint density at radius 1 is 0.933 bits per heavy atom. The van der Waals surface area contributed by atoms with Crippen LogP contribution in [0.2, 0.25) is 10.0 Å². The number of primary amides is 1. The highest BCUT2D eigenvalue weighted by Crippen LogP contribution is 2.36. The normalized spacial score (nSPS) is 14.4. The van der Waals surface area contributed by atoms with Crippen molar-refractivity contribution in [3.8, 4) is 5.75 Å². The second-order valence-corrected chi connectivity index (χ2v) is 16.7. The van der Waals surface area contributed by atoms with E-state index in [1.165, 1.54) is 12.7 Å². The van der Waals surface area contributed by atoms with Crippen LogP contribution in [-0.4, -0.2) is 116 Å². The number of hydrogen-bond acceptors (Lipinski definition) is 9. The Hall–Kier alpha value is -5.06. The van der Waals surface area contributed by atoms with Crippen LogP contribution in [0.1, 0.15) is 82.7 Å². The lowest BCUT2D eigenvalue weighted by Gasteiger charge is -2.34. The highest BCUT2D eigenvalue weighted by Gasteiger charge is 2.41. The van der Waals surface area contributed by atoms with Crippen molar-refractivity contribution in [1.29, 1.82) is 0 Å². The van der Waals surface area contributed by atoms with Crippen LogP contribution in [0, 0.1) is 0 Å². The summed E-state index contributed by atoms with van der Waals surface area (Å²) in [7, 11) is 0.429. The first-order chi connectivity index (χ1) is 28.4. The van der Waals surface area contributed by atoms with Gasteiger partial charge in [0.2, 0.25) is 0 Å². The molecule has 0 aromatic heterocycles. The minimum atomic E-state index is -2.74. The van der Waals surface area contributed by atoms with Crippen LogP contribution in [0.25, 0.3) is 10.8 Å². The Kier molecular flexibility index (Phi) is 17.0. The lowest BCUT2D eigenvalue weighted by atomic mass is 9.88. The van der Waals surface area contributed by atoms with E-state index in [0.29, 0.717) is 40.0 Å². The number of rotatable bonds is 17. The molecule has 0 bridgehead atoms. The maximum absolute atomic E-state index is 14.4. The predicted octanol–water partition coefficient (Wildman–Crippen LogP) is 6.26. The average Bonchev–Trinajstić information content (AvgIpc) is 3.20. The maximum Gasteiger partial charge on any atom is 0.336 e. The van der Waals surface area contributed by atoms with Gasteiger partial charge >= 0.3 is 17.9 Å². The molecule has 0 saturated carbocycles. The highest BCUT2D eigenvalue weighted by atomic mass is 35.5. The summed E-state index contributed by atoms with van der Waals surface area (Å²) in [5.74, 6) is -5.38. The van der Waals surface area contributed by atoms with Crippen LogP contribution in [0.4, 0.5) is 0 Å². The van der Waals surface area contributed by atoms with E-state index >= 15 is 0 Å². The predicted molar refractivity (Wildman–Crippen MR) is 229 cm³/mol. The fraction of sp³-hybridized carbons (Fsp3) is 0.372. The number of carbonyl (C=O) groups is 5. The number of piperidine rings is 1. The van der Waals surface area contributed by atoms with E-state index in [2.05, 4.69) is 11.0 Å². The number of nitrogens with two attached hydrogens (primary N) is 1. The zero-order valence-electron chi connectivity index (χ0n) is 33.4. The average molecular weight is 887 g/mol. The summed E-state index contributed by atoms with van der Waals surface area (Å²) in [5, 5.41) is 36.2. The van der Waals surface area contributed by atoms with Crippen molar-refractivity contribution in [1.82, 2.24) is 9.80 Å². The van der Waals surface area contributed by atoms with Gasteiger partial charge in [-0.1, -0.05) is 71.7 Å². The van der Waals surface area contributed by atoms with E-state index in [0.717, 1.165) is 54.7 Å². The van der Waals surface area contributed by atoms with Gasteiger partial charge in [0.25, 0.3) is 11.8 Å². The van der Waals surface area contributed by atoms with Crippen LogP contribution >= 0.6 is 23.2 Å². The van der Waals surface area contributed by atoms with Crippen molar-refractivity contribution in [3.63, 3.8) is 0 Å². The fourth-order valence-corrected chi connectivity index (χ4v) is 8.59. The summed E-state index contributed by atoms with van der Waals surface area (Å²) in [4.78, 5) is 62.5. The van der Waals surface area contributed by atoms with E-state index in [9.17, 15) is 28.2 Å². The number of methoxy groups -OCH3 is 1. The molecule has 2 atom stereocenters. The largest absolute Gasteiger partial charge is 0.495 e. The molecule has 1 fully saturated rings. The number of benzene rings is 4. The Morgan fingerprint density at radius 3 is 2.10 bits per heavy atom. The summed E-state index contributed by atoms with van der Waals surface area (Å²) >= 11 is 12.8. The standard InChI is InChI=1S/C37H41Cl2N3O4S.C6H8O7/c1-4-42(37(44)34-29-11-6-5-9-26(29)21-30(36(40)43)35(34)46-2)23-27(25-13-14-31(38)32(39)22-25)17-20-41-18-15-24(16-19-41)28-10-7-8-12-33(28)47(3)45;7-3(8)1-6(13,5(11)12)2-4(9)10/h5-14,21-22,24,27H,4,15-20,23H2,1-3H3,(H2,40,43);13H,1-2H2,(H,7,8)(H,9,10)(H,11,12)/t27-,47+;/m1./s1. The molecule has 0 spiro atoms. The number of hydrogen-bond donors (Lipinski definition) is 5. The molecule has 0 radical (unpaired) electrons. The summed E-state index contributed by atoms with van der Waals surface area (Å²) in [6, 6.07) is 22.9. The second-order valence-electron chi connectivity index (χ2n) is 14.5. The molecule has 1 heterocycles. The molecule has 322 valence electrons. The van der Waals surface area contributed by atoms with Gasteiger partial charge in [0.15, 0.2) is 5.60 Å². The summed E-state index contributed by atoms with van der Waals surface area (Å²) in [6.45, 7) is 5.53. The van der Waals surface area contributed by atoms with E-state index in [1.807, 2.05) is 61.5 Å². The fourth-order valence-electron chi connectivity index (χ4n) is 7.45. The molecular formula is C43H49Cl2N3O11S. The molecule has 1 saturated heterocycles. The topological polar surface area (TPSA) is 225 Å². The Morgan fingerprint density at radius 2 is 1.55 bits per heavy atom. The van der Waals surface area contributed by atoms with E-state index in [1.54, 1.807) is 23.3 Å². The van der Waals surface area contributed by atoms with Crippen molar-refractivity contribution in [2.75, 3.05) is 46.1 Å². The molecule has 1 aliphatic rings. The molecule has 4 aromatic carbocycles. The molecule has 6 N–H and O–H groups in total. The number of carbonyl (C=O) groups excluding carboxylic acids is 2. The molecule has 17 heteroatoms. The monoisotopic (exact) mass is 885 g/mol. The second kappa shape index (κ2) is 21.5. The lowest BCUT2D eigenvalue weighted by Crippen LogP contribution is -2.42. The Bertz CT molecular complexity index is 2230. The highest BCUT2D eigenvalue weighted by molar-refractivity contribution is 7.84. The number of amides is 2. The number of nitrogens with zero attached hydrogens (tertiary/aromatic N) is 2. The van der Waals surface area contributed by atoms with Crippen molar-refractivity contribution < 1.29 is 53.3 Å².